The van der Waals surface area contributed by atoms with Crippen LogP contribution in [0.25, 0.3) is 11.3 Å². The molecule has 4 rings (SSSR count). The molecule has 6 nitrogen and oxygen atoms in total. The molecule has 0 N–H and O–H groups in total. The first-order valence-corrected chi connectivity index (χ1v) is 10.8. The second-order valence-electron chi connectivity index (χ2n) is 6.98. The quantitative estimate of drug-likeness (QED) is 0.659. The standard InChI is InChI=1S/C21H21FN4O2S/c1-16-14-20(24-23-15-16)19-4-2-3-5-21(19)29(27,28)26-12-10-25(11-13-26)18-8-6-17(22)7-9-18/h2-9,14-15H,10-13H2,1H3. The third-order valence-corrected chi connectivity index (χ3v) is 6.96. The Hall–Kier alpha value is -2.84. The molecule has 0 spiro atoms. The molecule has 8 heteroatoms. The van der Waals surface area contributed by atoms with Gasteiger partial charge in [0.15, 0.2) is 0 Å². The Labute approximate surface area is 169 Å². The summed E-state index contributed by atoms with van der Waals surface area (Å²) in [6, 6.07) is 15.0. The van der Waals surface area contributed by atoms with Crippen LogP contribution in [0, 0.1) is 12.7 Å². The lowest BCUT2D eigenvalue weighted by atomic mass is 10.1. The Balaban J connectivity index is 1.58. The first-order valence-electron chi connectivity index (χ1n) is 9.34. The van der Waals surface area contributed by atoms with Gasteiger partial charge in [0.1, 0.15) is 5.82 Å². The van der Waals surface area contributed by atoms with Crippen molar-refractivity contribution in [2.45, 2.75) is 11.8 Å². The molecule has 1 aromatic heterocycles. The van der Waals surface area contributed by atoms with E-state index in [9.17, 15) is 12.8 Å². The summed E-state index contributed by atoms with van der Waals surface area (Å²) in [5.74, 6) is -0.286. The second kappa shape index (κ2) is 7.88. The van der Waals surface area contributed by atoms with Crippen LogP contribution in [0.3, 0.4) is 0 Å². The van der Waals surface area contributed by atoms with E-state index in [2.05, 4.69) is 15.1 Å². The molecule has 3 aromatic rings. The van der Waals surface area contributed by atoms with Crippen molar-refractivity contribution in [2.24, 2.45) is 0 Å². The van der Waals surface area contributed by atoms with Crippen LogP contribution in [0.4, 0.5) is 10.1 Å². The summed E-state index contributed by atoms with van der Waals surface area (Å²) in [7, 11) is -3.69. The molecule has 29 heavy (non-hydrogen) atoms. The SMILES string of the molecule is Cc1cnnc(-c2ccccc2S(=O)(=O)N2CCN(c3ccc(F)cc3)CC2)c1. The van der Waals surface area contributed by atoms with E-state index in [0.717, 1.165) is 11.3 Å². The van der Waals surface area contributed by atoms with Gasteiger partial charge < -0.3 is 4.90 Å². The fourth-order valence-electron chi connectivity index (χ4n) is 3.48. The van der Waals surface area contributed by atoms with Crippen LogP contribution in [0.15, 0.2) is 65.7 Å². The van der Waals surface area contributed by atoms with Crippen molar-refractivity contribution in [1.82, 2.24) is 14.5 Å². The third kappa shape index (κ3) is 3.99. The Bertz CT molecular complexity index is 1110. The van der Waals surface area contributed by atoms with Gasteiger partial charge >= 0.3 is 0 Å². The van der Waals surface area contributed by atoms with Gasteiger partial charge in [-0.1, -0.05) is 18.2 Å². The maximum Gasteiger partial charge on any atom is 0.243 e. The minimum Gasteiger partial charge on any atom is -0.369 e. The van der Waals surface area contributed by atoms with Gasteiger partial charge in [0.05, 0.1) is 16.8 Å². The number of piperazine rings is 1. The lowest BCUT2D eigenvalue weighted by molar-refractivity contribution is 0.385. The molecule has 2 aromatic carbocycles. The van der Waals surface area contributed by atoms with Crippen molar-refractivity contribution in [2.75, 3.05) is 31.1 Å². The van der Waals surface area contributed by atoms with E-state index >= 15 is 0 Å². The van der Waals surface area contributed by atoms with Gasteiger partial charge in [-0.25, -0.2) is 12.8 Å². The number of hydrogen-bond acceptors (Lipinski definition) is 5. The Morgan fingerprint density at radius 2 is 1.66 bits per heavy atom. The lowest BCUT2D eigenvalue weighted by Gasteiger charge is -2.35. The normalized spacial score (nSPS) is 15.4. The molecular formula is C21H21FN4O2S. The van der Waals surface area contributed by atoms with E-state index in [0.29, 0.717) is 37.4 Å². The average molecular weight is 412 g/mol. The summed E-state index contributed by atoms with van der Waals surface area (Å²) >= 11 is 0. The van der Waals surface area contributed by atoms with Crippen LogP contribution in [-0.2, 0) is 10.0 Å². The highest BCUT2D eigenvalue weighted by Crippen LogP contribution is 2.29. The van der Waals surface area contributed by atoms with E-state index in [1.54, 1.807) is 42.6 Å². The molecule has 0 atom stereocenters. The second-order valence-corrected chi connectivity index (χ2v) is 8.89. The fraction of sp³-hybridized carbons (Fsp3) is 0.238. The molecule has 2 heterocycles. The van der Waals surface area contributed by atoms with Crippen LogP contribution < -0.4 is 4.90 Å². The highest BCUT2D eigenvalue weighted by molar-refractivity contribution is 7.89. The number of nitrogens with zero attached hydrogens (tertiary/aromatic N) is 4. The highest BCUT2D eigenvalue weighted by Gasteiger charge is 2.30. The molecule has 0 unspecified atom stereocenters. The van der Waals surface area contributed by atoms with Gasteiger partial charge in [0, 0.05) is 37.4 Å². The highest BCUT2D eigenvalue weighted by atomic mass is 32.2. The summed E-state index contributed by atoms with van der Waals surface area (Å²) in [5, 5.41) is 8.07. The summed E-state index contributed by atoms with van der Waals surface area (Å²) in [5.41, 5.74) is 2.88. The first kappa shape index (κ1) is 19.5. The minimum atomic E-state index is -3.69. The van der Waals surface area contributed by atoms with Crippen LogP contribution in [-0.4, -0.2) is 49.1 Å². The molecule has 1 aliphatic heterocycles. The Morgan fingerprint density at radius 1 is 0.966 bits per heavy atom. The van der Waals surface area contributed by atoms with Gasteiger partial charge in [0.25, 0.3) is 0 Å². The average Bonchev–Trinajstić information content (AvgIpc) is 2.74. The van der Waals surface area contributed by atoms with E-state index in [-0.39, 0.29) is 10.7 Å². The number of hydrogen-bond donors (Lipinski definition) is 0. The summed E-state index contributed by atoms with van der Waals surface area (Å²) in [6.07, 6.45) is 1.63. The maximum absolute atomic E-state index is 13.4. The van der Waals surface area contributed by atoms with Crippen LogP contribution >= 0.6 is 0 Å². The van der Waals surface area contributed by atoms with Crippen molar-refractivity contribution in [3.05, 3.63) is 72.2 Å². The largest absolute Gasteiger partial charge is 0.369 e. The fourth-order valence-corrected chi connectivity index (χ4v) is 5.10. The molecule has 1 aliphatic rings. The smallest absolute Gasteiger partial charge is 0.243 e. The van der Waals surface area contributed by atoms with Gasteiger partial charge in [0.2, 0.25) is 10.0 Å². The molecule has 0 radical (unpaired) electrons. The summed E-state index contributed by atoms with van der Waals surface area (Å²) in [6.45, 7) is 3.68. The van der Waals surface area contributed by atoms with Crippen LogP contribution in [0.5, 0.6) is 0 Å². The van der Waals surface area contributed by atoms with Crippen molar-refractivity contribution in [1.29, 1.82) is 0 Å². The zero-order valence-electron chi connectivity index (χ0n) is 16.0. The van der Waals surface area contributed by atoms with Crippen molar-refractivity contribution in [3.63, 3.8) is 0 Å². The molecule has 1 saturated heterocycles. The molecule has 0 bridgehead atoms. The molecule has 0 saturated carbocycles. The van der Waals surface area contributed by atoms with Crippen molar-refractivity contribution < 1.29 is 12.8 Å². The molecule has 1 fully saturated rings. The first-order chi connectivity index (χ1) is 13.9. The maximum atomic E-state index is 13.4. The molecule has 150 valence electrons. The van der Waals surface area contributed by atoms with E-state index in [1.165, 1.54) is 16.4 Å². The Morgan fingerprint density at radius 3 is 2.34 bits per heavy atom. The Kier molecular flexibility index (Phi) is 5.29. The third-order valence-electron chi connectivity index (χ3n) is 5.00. The van der Waals surface area contributed by atoms with Crippen molar-refractivity contribution >= 4 is 15.7 Å². The minimum absolute atomic E-state index is 0.232. The summed E-state index contributed by atoms with van der Waals surface area (Å²) < 4.78 is 41.4. The van der Waals surface area contributed by atoms with Crippen LogP contribution in [0.1, 0.15) is 5.56 Å². The van der Waals surface area contributed by atoms with E-state index in [1.807, 2.05) is 13.0 Å². The van der Waals surface area contributed by atoms with Crippen LogP contribution in [0.2, 0.25) is 0 Å². The number of aromatic nitrogens is 2. The van der Waals surface area contributed by atoms with Crippen molar-refractivity contribution in [3.8, 4) is 11.3 Å². The zero-order valence-corrected chi connectivity index (χ0v) is 16.8. The molecular weight excluding hydrogens is 391 g/mol. The zero-order chi connectivity index (χ0) is 20.4. The summed E-state index contributed by atoms with van der Waals surface area (Å²) in [4.78, 5) is 2.29. The number of benzene rings is 2. The van der Waals surface area contributed by atoms with Gasteiger partial charge in [-0.2, -0.15) is 14.5 Å². The van der Waals surface area contributed by atoms with Gasteiger partial charge in [-0.3, -0.25) is 0 Å². The van der Waals surface area contributed by atoms with Gasteiger partial charge in [-0.05, 0) is 48.9 Å². The topological polar surface area (TPSA) is 66.4 Å². The molecule has 0 aliphatic carbocycles. The number of halogens is 1. The number of anilines is 1. The van der Waals surface area contributed by atoms with Gasteiger partial charge in [-0.15, -0.1) is 0 Å². The predicted molar refractivity (Wildman–Crippen MR) is 110 cm³/mol. The number of sulfonamides is 1. The predicted octanol–water partition coefficient (Wildman–Crippen LogP) is 3.10. The number of rotatable bonds is 4. The van der Waals surface area contributed by atoms with E-state index in [4.69, 9.17) is 0 Å². The van der Waals surface area contributed by atoms with E-state index < -0.39 is 10.0 Å². The number of aryl methyl sites for hydroxylation is 1. The molecule has 0 amide bonds. The monoisotopic (exact) mass is 412 g/mol. The lowest BCUT2D eigenvalue weighted by Crippen LogP contribution is -2.48.